The van der Waals surface area contributed by atoms with Crippen molar-refractivity contribution in [3.05, 3.63) is 112 Å². The summed E-state index contributed by atoms with van der Waals surface area (Å²) in [4.78, 5) is 18.2. The number of hydrogen-bond acceptors (Lipinski definition) is 3. The Balaban J connectivity index is 2.03. The van der Waals surface area contributed by atoms with Gasteiger partial charge in [-0.2, -0.15) is 0 Å². The Morgan fingerprint density at radius 3 is 2.07 bits per heavy atom. The fourth-order valence-corrected chi connectivity index (χ4v) is 3.55. The number of rotatable bonds is 4. The Bertz CT molecular complexity index is 1100. The minimum Gasteiger partial charge on any atom is -0.326 e. The standard InChI is InChI=1S/C23H21N3O/c1-16-25-21-13-12-17(15-24)14-20(21)23(27)26(16)22(18-8-4-2-5-9-18)19-10-6-3-7-11-19/h2-14,22H,15,24H2,1H3. The monoisotopic (exact) mass is 355 g/mol. The molecular weight excluding hydrogens is 334 g/mol. The van der Waals surface area contributed by atoms with E-state index in [1.165, 1.54) is 0 Å². The number of nitrogens with zero attached hydrogens (tertiary/aromatic N) is 2. The predicted octanol–water partition coefficient (Wildman–Crippen LogP) is 3.80. The molecule has 4 rings (SSSR count). The third-order valence-electron chi connectivity index (χ3n) is 4.87. The predicted molar refractivity (Wildman–Crippen MR) is 109 cm³/mol. The molecule has 0 fully saturated rings. The molecule has 0 radical (unpaired) electrons. The summed E-state index contributed by atoms with van der Waals surface area (Å²) in [7, 11) is 0. The van der Waals surface area contributed by atoms with Crippen molar-refractivity contribution >= 4 is 10.9 Å². The highest BCUT2D eigenvalue weighted by Gasteiger charge is 2.21. The topological polar surface area (TPSA) is 60.9 Å². The van der Waals surface area contributed by atoms with Gasteiger partial charge in [0.1, 0.15) is 5.82 Å². The van der Waals surface area contributed by atoms with E-state index in [1.807, 2.05) is 85.8 Å². The second-order valence-corrected chi connectivity index (χ2v) is 6.61. The van der Waals surface area contributed by atoms with Crippen molar-refractivity contribution in [2.75, 3.05) is 0 Å². The van der Waals surface area contributed by atoms with Gasteiger partial charge in [0.05, 0.1) is 16.9 Å². The summed E-state index contributed by atoms with van der Waals surface area (Å²) in [5.74, 6) is 0.686. The van der Waals surface area contributed by atoms with Crippen molar-refractivity contribution in [1.29, 1.82) is 0 Å². The molecule has 4 nitrogen and oxygen atoms in total. The van der Waals surface area contributed by atoms with Crippen LogP contribution < -0.4 is 11.3 Å². The number of aryl methyl sites for hydroxylation is 1. The van der Waals surface area contributed by atoms with Crippen LogP contribution >= 0.6 is 0 Å². The van der Waals surface area contributed by atoms with Gasteiger partial charge in [0.15, 0.2) is 0 Å². The molecule has 27 heavy (non-hydrogen) atoms. The Morgan fingerprint density at radius 1 is 0.926 bits per heavy atom. The SMILES string of the molecule is Cc1nc2ccc(CN)cc2c(=O)n1C(c1ccccc1)c1ccccc1. The van der Waals surface area contributed by atoms with Crippen LogP contribution in [0, 0.1) is 6.92 Å². The Kier molecular flexibility index (Phi) is 4.57. The molecule has 0 saturated heterocycles. The third-order valence-corrected chi connectivity index (χ3v) is 4.87. The third kappa shape index (κ3) is 3.15. The summed E-state index contributed by atoms with van der Waals surface area (Å²) < 4.78 is 1.79. The van der Waals surface area contributed by atoms with E-state index < -0.39 is 0 Å². The first kappa shape index (κ1) is 17.2. The van der Waals surface area contributed by atoms with Crippen LogP contribution in [-0.2, 0) is 6.54 Å². The lowest BCUT2D eigenvalue weighted by atomic mass is 9.98. The van der Waals surface area contributed by atoms with Crippen molar-refractivity contribution in [3.63, 3.8) is 0 Å². The molecular formula is C23H21N3O. The molecule has 0 spiro atoms. The van der Waals surface area contributed by atoms with Crippen LogP contribution in [0.3, 0.4) is 0 Å². The number of nitrogens with two attached hydrogens (primary N) is 1. The quantitative estimate of drug-likeness (QED) is 0.606. The molecule has 4 aromatic rings. The van der Waals surface area contributed by atoms with Gasteiger partial charge in [0, 0.05) is 6.54 Å². The summed E-state index contributed by atoms with van der Waals surface area (Å²) >= 11 is 0. The molecule has 0 aliphatic carbocycles. The molecule has 134 valence electrons. The Labute approximate surface area is 157 Å². The molecule has 0 saturated carbocycles. The maximum absolute atomic E-state index is 13.5. The first-order chi connectivity index (χ1) is 13.2. The molecule has 1 heterocycles. The fourth-order valence-electron chi connectivity index (χ4n) is 3.55. The highest BCUT2D eigenvalue weighted by atomic mass is 16.1. The van der Waals surface area contributed by atoms with Crippen LogP contribution in [-0.4, -0.2) is 9.55 Å². The average molecular weight is 355 g/mol. The summed E-state index contributed by atoms with van der Waals surface area (Å²) in [5, 5.41) is 0.598. The number of hydrogen-bond donors (Lipinski definition) is 1. The minimum absolute atomic E-state index is 0.0505. The van der Waals surface area contributed by atoms with Crippen molar-refractivity contribution < 1.29 is 0 Å². The average Bonchev–Trinajstić information content (AvgIpc) is 2.72. The lowest BCUT2D eigenvalue weighted by molar-refractivity contribution is 0.619. The first-order valence-electron chi connectivity index (χ1n) is 9.01. The second kappa shape index (κ2) is 7.17. The van der Waals surface area contributed by atoms with E-state index in [9.17, 15) is 4.79 Å². The van der Waals surface area contributed by atoms with Gasteiger partial charge in [-0.3, -0.25) is 9.36 Å². The molecule has 3 aromatic carbocycles. The molecule has 0 aliphatic rings. The van der Waals surface area contributed by atoms with Gasteiger partial charge in [0.2, 0.25) is 0 Å². The summed E-state index contributed by atoms with van der Waals surface area (Å²) in [6.07, 6.45) is 0. The van der Waals surface area contributed by atoms with Gasteiger partial charge in [-0.05, 0) is 35.7 Å². The van der Waals surface area contributed by atoms with Gasteiger partial charge in [0.25, 0.3) is 5.56 Å². The Morgan fingerprint density at radius 2 is 1.52 bits per heavy atom. The minimum atomic E-state index is -0.238. The van der Waals surface area contributed by atoms with E-state index in [1.54, 1.807) is 4.57 Å². The van der Waals surface area contributed by atoms with E-state index in [4.69, 9.17) is 10.7 Å². The van der Waals surface area contributed by atoms with Gasteiger partial charge >= 0.3 is 0 Å². The maximum atomic E-state index is 13.5. The normalized spacial score (nSPS) is 11.2. The van der Waals surface area contributed by atoms with Crippen LogP contribution in [0.5, 0.6) is 0 Å². The molecule has 0 bridgehead atoms. The van der Waals surface area contributed by atoms with Gasteiger partial charge in [-0.25, -0.2) is 4.98 Å². The van der Waals surface area contributed by atoms with Crippen LogP contribution in [0.1, 0.15) is 28.6 Å². The van der Waals surface area contributed by atoms with Crippen molar-refractivity contribution in [1.82, 2.24) is 9.55 Å². The first-order valence-corrected chi connectivity index (χ1v) is 9.01. The molecule has 4 heteroatoms. The zero-order chi connectivity index (χ0) is 18.8. The fraction of sp³-hybridized carbons (Fsp3) is 0.130. The molecule has 0 aliphatic heterocycles. The zero-order valence-corrected chi connectivity index (χ0v) is 15.2. The summed E-state index contributed by atoms with van der Waals surface area (Å²) in [6.45, 7) is 2.28. The lowest BCUT2D eigenvalue weighted by Gasteiger charge is -2.23. The van der Waals surface area contributed by atoms with Gasteiger partial charge in [-0.1, -0.05) is 66.7 Å². The van der Waals surface area contributed by atoms with Crippen LogP contribution in [0.15, 0.2) is 83.7 Å². The Hall–Kier alpha value is -3.24. The summed E-state index contributed by atoms with van der Waals surface area (Å²) in [5.41, 5.74) is 9.44. The number of fused-ring (bicyclic) bond motifs is 1. The van der Waals surface area contributed by atoms with E-state index in [-0.39, 0.29) is 11.6 Å². The highest BCUT2D eigenvalue weighted by molar-refractivity contribution is 5.78. The zero-order valence-electron chi connectivity index (χ0n) is 15.2. The molecule has 0 unspecified atom stereocenters. The number of benzene rings is 3. The lowest BCUT2D eigenvalue weighted by Crippen LogP contribution is -2.29. The van der Waals surface area contributed by atoms with Gasteiger partial charge < -0.3 is 5.73 Å². The van der Waals surface area contributed by atoms with E-state index in [2.05, 4.69) is 0 Å². The smallest absolute Gasteiger partial charge is 0.262 e. The molecule has 2 N–H and O–H groups in total. The van der Waals surface area contributed by atoms with E-state index >= 15 is 0 Å². The van der Waals surface area contributed by atoms with E-state index in [0.717, 1.165) is 16.7 Å². The van der Waals surface area contributed by atoms with Crippen LogP contribution in [0.25, 0.3) is 10.9 Å². The maximum Gasteiger partial charge on any atom is 0.262 e. The summed E-state index contributed by atoms with van der Waals surface area (Å²) in [6, 6.07) is 25.5. The van der Waals surface area contributed by atoms with Crippen LogP contribution in [0.4, 0.5) is 0 Å². The molecule has 0 atom stereocenters. The van der Waals surface area contributed by atoms with Crippen molar-refractivity contribution in [2.24, 2.45) is 5.73 Å². The largest absolute Gasteiger partial charge is 0.326 e. The second-order valence-electron chi connectivity index (χ2n) is 6.61. The highest BCUT2D eigenvalue weighted by Crippen LogP contribution is 2.27. The molecule has 1 aromatic heterocycles. The number of aromatic nitrogens is 2. The van der Waals surface area contributed by atoms with E-state index in [0.29, 0.717) is 23.3 Å². The van der Waals surface area contributed by atoms with Crippen molar-refractivity contribution in [2.45, 2.75) is 19.5 Å². The van der Waals surface area contributed by atoms with Crippen molar-refractivity contribution in [3.8, 4) is 0 Å². The molecule has 0 amide bonds. The van der Waals surface area contributed by atoms with Gasteiger partial charge in [-0.15, -0.1) is 0 Å². The van der Waals surface area contributed by atoms with Crippen LogP contribution in [0.2, 0.25) is 0 Å².